The summed E-state index contributed by atoms with van der Waals surface area (Å²) in [7, 11) is 1.30. The van der Waals surface area contributed by atoms with Crippen LogP contribution in [0.4, 0.5) is 0 Å². The summed E-state index contributed by atoms with van der Waals surface area (Å²) in [5.41, 5.74) is 1.97. The molecule has 3 heterocycles. The Morgan fingerprint density at radius 2 is 2.11 bits per heavy atom. The molecule has 0 aliphatic heterocycles. The number of thiazole rings is 1. The van der Waals surface area contributed by atoms with Crippen molar-refractivity contribution < 1.29 is 9.53 Å². The predicted octanol–water partition coefficient (Wildman–Crippen LogP) is 4.26. The lowest BCUT2D eigenvalue weighted by Gasteiger charge is -2.15. The average Bonchev–Trinajstić information content (AvgIpc) is 3.21. The van der Waals surface area contributed by atoms with E-state index in [0.29, 0.717) is 37.9 Å². The number of hydrogen-bond donors (Lipinski definition) is 0. The van der Waals surface area contributed by atoms with Gasteiger partial charge < -0.3 is 4.74 Å². The van der Waals surface area contributed by atoms with Crippen molar-refractivity contribution in [2.24, 2.45) is 0 Å². The number of pyridine rings is 2. The Bertz CT molecular complexity index is 1270. The van der Waals surface area contributed by atoms with E-state index in [2.05, 4.69) is 9.97 Å². The SMILES string of the molecule is COC(=O)c1c(C)nc2ccn(-c3nccs3)c(=O)c2c1-c1cccc(Cl)c1. The van der Waals surface area contributed by atoms with Gasteiger partial charge >= 0.3 is 5.97 Å². The zero-order chi connectivity index (χ0) is 19.8. The predicted molar refractivity (Wildman–Crippen MR) is 110 cm³/mol. The Labute approximate surface area is 169 Å². The Kier molecular flexibility index (Phi) is 4.70. The molecule has 28 heavy (non-hydrogen) atoms. The Hall–Kier alpha value is -3.03. The highest BCUT2D eigenvalue weighted by Crippen LogP contribution is 2.33. The van der Waals surface area contributed by atoms with Gasteiger partial charge in [0, 0.05) is 28.4 Å². The maximum Gasteiger partial charge on any atom is 0.340 e. The summed E-state index contributed by atoms with van der Waals surface area (Å²) in [5.74, 6) is -0.564. The first-order valence-electron chi connectivity index (χ1n) is 8.31. The highest BCUT2D eigenvalue weighted by molar-refractivity contribution is 7.12. The first-order valence-corrected chi connectivity index (χ1v) is 9.57. The van der Waals surface area contributed by atoms with Gasteiger partial charge in [0.1, 0.15) is 0 Å². The fourth-order valence-corrected chi connectivity index (χ4v) is 3.98. The molecule has 0 saturated heterocycles. The molecule has 0 bridgehead atoms. The third-order valence-electron chi connectivity index (χ3n) is 4.35. The monoisotopic (exact) mass is 411 g/mol. The second kappa shape index (κ2) is 7.18. The van der Waals surface area contributed by atoms with Gasteiger partial charge in [0.05, 0.1) is 29.3 Å². The first kappa shape index (κ1) is 18.3. The zero-order valence-electron chi connectivity index (χ0n) is 15.0. The van der Waals surface area contributed by atoms with Gasteiger partial charge in [-0.25, -0.2) is 9.78 Å². The van der Waals surface area contributed by atoms with Gasteiger partial charge in [-0.15, -0.1) is 11.3 Å². The van der Waals surface area contributed by atoms with Gasteiger partial charge in [-0.3, -0.25) is 14.3 Å². The van der Waals surface area contributed by atoms with E-state index < -0.39 is 5.97 Å². The minimum atomic E-state index is -0.564. The van der Waals surface area contributed by atoms with Crippen molar-refractivity contribution in [3.8, 4) is 16.3 Å². The molecule has 0 unspecified atom stereocenters. The molecular formula is C20H14ClN3O3S. The van der Waals surface area contributed by atoms with Gasteiger partial charge in [-0.05, 0) is 30.7 Å². The normalized spacial score (nSPS) is 11.0. The molecule has 6 nitrogen and oxygen atoms in total. The van der Waals surface area contributed by atoms with Crippen molar-refractivity contribution in [1.82, 2.24) is 14.5 Å². The molecule has 4 rings (SSSR count). The summed E-state index contributed by atoms with van der Waals surface area (Å²) >= 11 is 7.52. The fourth-order valence-electron chi connectivity index (χ4n) is 3.17. The molecule has 0 atom stereocenters. The first-order chi connectivity index (χ1) is 13.5. The van der Waals surface area contributed by atoms with Crippen LogP contribution in [0.1, 0.15) is 16.1 Å². The number of carbonyl (C=O) groups excluding carboxylic acids is 1. The molecule has 4 aromatic rings. The van der Waals surface area contributed by atoms with Crippen molar-refractivity contribution in [2.75, 3.05) is 7.11 Å². The van der Waals surface area contributed by atoms with Crippen molar-refractivity contribution in [3.63, 3.8) is 0 Å². The van der Waals surface area contributed by atoms with E-state index in [9.17, 15) is 9.59 Å². The highest BCUT2D eigenvalue weighted by atomic mass is 35.5. The number of benzene rings is 1. The highest BCUT2D eigenvalue weighted by Gasteiger charge is 2.24. The maximum absolute atomic E-state index is 13.4. The summed E-state index contributed by atoms with van der Waals surface area (Å²) in [6.45, 7) is 1.71. The number of carbonyl (C=O) groups is 1. The molecule has 0 fully saturated rings. The summed E-state index contributed by atoms with van der Waals surface area (Å²) < 4.78 is 6.41. The van der Waals surface area contributed by atoms with Gasteiger partial charge in [-0.1, -0.05) is 23.7 Å². The number of aromatic nitrogens is 3. The smallest absolute Gasteiger partial charge is 0.340 e. The quantitative estimate of drug-likeness (QED) is 0.471. The van der Waals surface area contributed by atoms with E-state index in [1.54, 1.807) is 55.0 Å². The number of aryl methyl sites for hydroxylation is 1. The van der Waals surface area contributed by atoms with Crippen LogP contribution >= 0.6 is 22.9 Å². The van der Waals surface area contributed by atoms with Gasteiger partial charge in [-0.2, -0.15) is 0 Å². The number of methoxy groups -OCH3 is 1. The summed E-state index contributed by atoms with van der Waals surface area (Å²) in [6, 6.07) is 8.74. The number of ether oxygens (including phenoxy) is 1. The zero-order valence-corrected chi connectivity index (χ0v) is 16.5. The van der Waals surface area contributed by atoms with Crippen LogP contribution in [-0.2, 0) is 4.74 Å². The van der Waals surface area contributed by atoms with Crippen LogP contribution in [0.25, 0.3) is 27.2 Å². The minimum Gasteiger partial charge on any atom is -0.465 e. The molecule has 1 aromatic carbocycles. The third kappa shape index (κ3) is 2.98. The Morgan fingerprint density at radius 3 is 2.79 bits per heavy atom. The van der Waals surface area contributed by atoms with Crippen LogP contribution in [0.3, 0.4) is 0 Å². The molecule has 0 N–H and O–H groups in total. The second-order valence-corrected chi connectivity index (χ2v) is 7.32. The maximum atomic E-state index is 13.4. The van der Waals surface area contributed by atoms with Gasteiger partial charge in [0.15, 0.2) is 5.13 Å². The van der Waals surface area contributed by atoms with Gasteiger partial charge in [0.25, 0.3) is 5.56 Å². The molecule has 0 spiro atoms. The van der Waals surface area contributed by atoms with E-state index in [0.717, 1.165) is 0 Å². The van der Waals surface area contributed by atoms with Gasteiger partial charge in [0.2, 0.25) is 0 Å². The van der Waals surface area contributed by atoms with E-state index >= 15 is 0 Å². The van der Waals surface area contributed by atoms with Crippen LogP contribution in [0.2, 0.25) is 5.02 Å². The largest absolute Gasteiger partial charge is 0.465 e. The molecule has 0 aliphatic rings. The lowest BCUT2D eigenvalue weighted by molar-refractivity contribution is 0.0600. The van der Waals surface area contributed by atoms with Crippen LogP contribution < -0.4 is 5.56 Å². The van der Waals surface area contributed by atoms with Crippen molar-refractivity contribution in [1.29, 1.82) is 0 Å². The number of rotatable bonds is 3. The van der Waals surface area contributed by atoms with Crippen LogP contribution in [0.5, 0.6) is 0 Å². The van der Waals surface area contributed by atoms with Crippen LogP contribution in [0, 0.1) is 6.92 Å². The summed E-state index contributed by atoms with van der Waals surface area (Å²) in [4.78, 5) is 34.6. The third-order valence-corrected chi connectivity index (χ3v) is 5.35. The van der Waals surface area contributed by atoms with Crippen molar-refractivity contribution in [3.05, 3.63) is 74.7 Å². The van der Waals surface area contributed by atoms with E-state index in [-0.39, 0.29) is 11.1 Å². The summed E-state index contributed by atoms with van der Waals surface area (Å²) in [5, 5.41) is 3.12. The lowest BCUT2D eigenvalue weighted by atomic mass is 9.95. The molecule has 3 aromatic heterocycles. The molecule has 0 radical (unpaired) electrons. The Morgan fingerprint density at radius 1 is 1.29 bits per heavy atom. The number of esters is 1. The topological polar surface area (TPSA) is 74.1 Å². The lowest BCUT2D eigenvalue weighted by Crippen LogP contribution is -2.20. The minimum absolute atomic E-state index is 0.242. The average molecular weight is 412 g/mol. The molecule has 8 heteroatoms. The van der Waals surface area contributed by atoms with Crippen molar-refractivity contribution in [2.45, 2.75) is 6.92 Å². The number of hydrogen-bond acceptors (Lipinski definition) is 6. The van der Waals surface area contributed by atoms with E-state index in [4.69, 9.17) is 16.3 Å². The van der Waals surface area contributed by atoms with Crippen LogP contribution in [-0.4, -0.2) is 27.6 Å². The molecular weight excluding hydrogens is 398 g/mol. The second-order valence-electron chi connectivity index (χ2n) is 6.01. The fraction of sp³-hybridized carbons (Fsp3) is 0.100. The molecule has 0 amide bonds. The van der Waals surface area contributed by atoms with E-state index in [1.807, 2.05) is 0 Å². The van der Waals surface area contributed by atoms with Crippen LogP contribution in [0.15, 0.2) is 52.9 Å². The number of nitrogens with zero attached hydrogens (tertiary/aromatic N) is 3. The number of fused-ring (bicyclic) bond motifs is 1. The molecule has 0 saturated carbocycles. The summed E-state index contributed by atoms with van der Waals surface area (Å²) in [6.07, 6.45) is 3.26. The number of halogens is 1. The van der Waals surface area contributed by atoms with Crippen molar-refractivity contribution >= 4 is 39.8 Å². The molecule has 0 aliphatic carbocycles. The van der Waals surface area contributed by atoms with E-state index in [1.165, 1.54) is 23.0 Å². The standard InChI is InChI=1S/C20H14ClN3O3S/c1-11-15(19(26)27-2)16(12-4-3-5-13(21)10-12)17-14(23-11)6-8-24(18(17)25)20-22-7-9-28-20/h3-10H,1-2H3. The molecule has 140 valence electrons. The Balaban J connectivity index is 2.19.